The topological polar surface area (TPSA) is 35.5 Å². The fourth-order valence-corrected chi connectivity index (χ4v) is 1.91. The zero-order chi connectivity index (χ0) is 10.1. The van der Waals surface area contributed by atoms with Crippen molar-refractivity contribution in [3.8, 4) is 5.75 Å². The van der Waals surface area contributed by atoms with E-state index >= 15 is 0 Å². The molecule has 0 unspecified atom stereocenters. The highest BCUT2D eigenvalue weighted by Gasteiger charge is 2.15. The lowest BCUT2D eigenvalue weighted by Gasteiger charge is -2.22. The maximum atomic E-state index is 10.0. The number of phenols is 1. The fourth-order valence-electron chi connectivity index (χ4n) is 1.91. The molecule has 1 aliphatic rings. The second kappa shape index (κ2) is 3.50. The van der Waals surface area contributed by atoms with Crippen LogP contribution in [0.5, 0.6) is 5.75 Å². The van der Waals surface area contributed by atoms with Crippen LogP contribution in [-0.2, 0) is 13.0 Å². The molecule has 0 bridgehead atoms. The molecule has 14 heavy (non-hydrogen) atoms. The van der Waals surface area contributed by atoms with Crippen LogP contribution in [0, 0.1) is 0 Å². The summed E-state index contributed by atoms with van der Waals surface area (Å²) in [6.45, 7) is 1.83. The minimum absolute atomic E-state index is 0.453. The first-order chi connectivity index (χ1) is 6.70. The molecule has 1 heterocycles. The lowest BCUT2D eigenvalue weighted by atomic mass is 9.99. The van der Waals surface area contributed by atoms with Crippen LogP contribution in [0.1, 0.15) is 11.1 Å². The van der Waals surface area contributed by atoms with E-state index in [1.165, 1.54) is 5.56 Å². The van der Waals surface area contributed by atoms with Gasteiger partial charge in [-0.3, -0.25) is 0 Å². The molecular formula is C11H16N2O. The van der Waals surface area contributed by atoms with Gasteiger partial charge in [0, 0.05) is 26.2 Å². The maximum absolute atomic E-state index is 10.0. The van der Waals surface area contributed by atoms with Gasteiger partial charge in [-0.15, -0.1) is 0 Å². The number of nitrogens with zero attached hydrogens (tertiary/aromatic N) is 1. The van der Waals surface area contributed by atoms with E-state index < -0.39 is 0 Å². The van der Waals surface area contributed by atoms with Crippen LogP contribution in [0.15, 0.2) is 12.1 Å². The van der Waals surface area contributed by atoms with Gasteiger partial charge in [0.15, 0.2) is 0 Å². The van der Waals surface area contributed by atoms with E-state index in [0.29, 0.717) is 5.75 Å². The summed E-state index contributed by atoms with van der Waals surface area (Å²) in [7, 11) is 3.89. The Labute approximate surface area is 84.4 Å². The second-order valence-electron chi connectivity index (χ2n) is 3.89. The van der Waals surface area contributed by atoms with Crippen molar-refractivity contribution in [3.05, 3.63) is 23.3 Å². The molecule has 1 aromatic carbocycles. The molecule has 0 saturated heterocycles. The first-order valence-corrected chi connectivity index (χ1v) is 4.92. The largest absolute Gasteiger partial charge is 0.505 e. The smallest absolute Gasteiger partial charge is 0.142 e. The quantitative estimate of drug-likeness (QED) is 0.699. The van der Waals surface area contributed by atoms with Crippen molar-refractivity contribution in [2.75, 3.05) is 25.5 Å². The molecule has 0 amide bonds. The summed E-state index contributed by atoms with van der Waals surface area (Å²) < 4.78 is 0. The van der Waals surface area contributed by atoms with Gasteiger partial charge in [0.25, 0.3) is 0 Å². The number of nitrogens with one attached hydrogen (secondary N) is 1. The summed E-state index contributed by atoms with van der Waals surface area (Å²) in [6.07, 6.45) is 0.919. The molecule has 0 fully saturated rings. The lowest BCUT2D eigenvalue weighted by Crippen LogP contribution is -2.24. The Balaban J connectivity index is 2.49. The summed E-state index contributed by atoms with van der Waals surface area (Å²) in [5.41, 5.74) is 3.24. The molecule has 0 radical (unpaired) electrons. The van der Waals surface area contributed by atoms with E-state index in [1.807, 2.05) is 25.1 Å². The third-order valence-electron chi connectivity index (χ3n) is 2.71. The van der Waals surface area contributed by atoms with Gasteiger partial charge in [-0.25, -0.2) is 0 Å². The Bertz CT molecular complexity index is 347. The molecule has 3 heteroatoms. The molecule has 76 valence electrons. The molecule has 2 N–H and O–H groups in total. The number of fused-ring (bicyclic) bond motifs is 1. The first-order valence-electron chi connectivity index (χ1n) is 4.92. The number of hydrogen-bond donors (Lipinski definition) is 2. The molecule has 0 saturated carbocycles. The average molecular weight is 192 g/mol. The molecule has 3 nitrogen and oxygen atoms in total. The predicted molar refractivity (Wildman–Crippen MR) is 57.8 cm³/mol. The Kier molecular flexibility index (Phi) is 2.33. The highest BCUT2D eigenvalue weighted by atomic mass is 16.3. The summed E-state index contributed by atoms with van der Waals surface area (Å²) in [6, 6.07) is 4.07. The summed E-state index contributed by atoms with van der Waals surface area (Å²) in [4.78, 5) is 1.94. The SMILES string of the molecule is CN(C)c1ccc2c(c1O)CCNC2. The van der Waals surface area contributed by atoms with Crippen LogP contribution in [0.25, 0.3) is 0 Å². The van der Waals surface area contributed by atoms with Crippen molar-refractivity contribution < 1.29 is 5.11 Å². The van der Waals surface area contributed by atoms with Crippen molar-refractivity contribution in [3.63, 3.8) is 0 Å². The van der Waals surface area contributed by atoms with Gasteiger partial charge in [0.1, 0.15) is 5.75 Å². The number of aromatic hydroxyl groups is 1. The van der Waals surface area contributed by atoms with Crippen LogP contribution >= 0.6 is 0 Å². The maximum Gasteiger partial charge on any atom is 0.142 e. The van der Waals surface area contributed by atoms with Crippen LogP contribution in [0.2, 0.25) is 0 Å². The van der Waals surface area contributed by atoms with E-state index in [2.05, 4.69) is 11.4 Å². The molecular weight excluding hydrogens is 176 g/mol. The Hall–Kier alpha value is -1.22. The first kappa shape index (κ1) is 9.34. The van der Waals surface area contributed by atoms with Crippen LogP contribution in [0.3, 0.4) is 0 Å². The number of phenolic OH excluding ortho intramolecular Hbond substituents is 1. The zero-order valence-electron chi connectivity index (χ0n) is 8.67. The van der Waals surface area contributed by atoms with Gasteiger partial charge >= 0.3 is 0 Å². The molecule has 0 aliphatic carbocycles. The van der Waals surface area contributed by atoms with E-state index in [4.69, 9.17) is 0 Å². The summed E-state index contributed by atoms with van der Waals surface area (Å²) in [5.74, 6) is 0.453. The van der Waals surface area contributed by atoms with E-state index in [-0.39, 0.29) is 0 Å². The van der Waals surface area contributed by atoms with E-state index in [0.717, 1.165) is 30.8 Å². The molecule has 1 aromatic rings. The van der Waals surface area contributed by atoms with Crippen LogP contribution < -0.4 is 10.2 Å². The summed E-state index contributed by atoms with van der Waals surface area (Å²) >= 11 is 0. The normalized spacial score (nSPS) is 15.0. The van der Waals surface area contributed by atoms with Gasteiger partial charge in [0.2, 0.25) is 0 Å². The highest BCUT2D eigenvalue weighted by Crippen LogP contribution is 2.33. The van der Waals surface area contributed by atoms with Crippen molar-refractivity contribution in [1.82, 2.24) is 5.32 Å². The number of hydrogen-bond acceptors (Lipinski definition) is 3. The number of benzene rings is 1. The molecule has 0 aromatic heterocycles. The Morgan fingerprint density at radius 2 is 2.14 bits per heavy atom. The lowest BCUT2D eigenvalue weighted by molar-refractivity contribution is 0.461. The van der Waals surface area contributed by atoms with E-state index in [9.17, 15) is 5.11 Å². The fraction of sp³-hybridized carbons (Fsp3) is 0.455. The van der Waals surface area contributed by atoms with Gasteiger partial charge < -0.3 is 15.3 Å². The van der Waals surface area contributed by atoms with Gasteiger partial charge in [-0.05, 0) is 24.6 Å². The van der Waals surface area contributed by atoms with Crippen LogP contribution in [0.4, 0.5) is 5.69 Å². The predicted octanol–water partition coefficient (Wildman–Crippen LogP) is 1.10. The number of rotatable bonds is 1. The molecule has 0 atom stereocenters. The molecule has 1 aliphatic heterocycles. The third-order valence-corrected chi connectivity index (χ3v) is 2.71. The minimum Gasteiger partial charge on any atom is -0.505 e. The number of anilines is 1. The summed E-state index contributed by atoms with van der Waals surface area (Å²) in [5, 5.41) is 13.3. The second-order valence-corrected chi connectivity index (χ2v) is 3.89. The zero-order valence-corrected chi connectivity index (χ0v) is 8.67. The standard InChI is InChI=1S/C11H16N2O/c1-13(2)10-4-3-8-7-12-6-5-9(8)11(10)14/h3-4,12,14H,5-7H2,1-2H3. The van der Waals surface area contributed by atoms with Crippen molar-refractivity contribution >= 4 is 5.69 Å². The van der Waals surface area contributed by atoms with Gasteiger partial charge in [-0.2, -0.15) is 0 Å². The highest BCUT2D eigenvalue weighted by molar-refractivity contribution is 5.63. The monoisotopic (exact) mass is 192 g/mol. The van der Waals surface area contributed by atoms with E-state index in [1.54, 1.807) is 0 Å². The minimum atomic E-state index is 0.453. The van der Waals surface area contributed by atoms with Crippen molar-refractivity contribution in [2.24, 2.45) is 0 Å². The molecule has 2 rings (SSSR count). The molecule has 0 spiro atoms. The third kappa shape index (κ3) is 1.44. The Morgan fingerprint density at radius 1 is 1.36 bits per heavy atom. The van der Waals surface area contributed by atoms with Gasteiger partial charge in [-0.1, -0.05) is 6.07 Å². The van der Waals surface area contributed by atoms with Gasteiger partial charge in [0.05, 0.1) is 5.69 Å². The Morgan fingerprint density at radius 3 is 2.86 bits per heavy atom. The average Bonchev–Trinajstić information content (AvgIpc) is 2.18. The van der Waals surface area contributed by atoms with Crippen molar-refractivity contribution in [2.45, 2.75) is 13.0 Å². The van der Waals surface area contributed by atoms with Crippen molar-refractivity contribution in [1.29, 1.82) is 0 Å². The van der Waals surface area contributed by atoms with Crippen LogP contribution in [-0.4, -0.2) is 25.7 Å².